The van der Waals surface area contributed by atoms with Crippen molar-refractivity contribution in [1.29, 1.82) is 0 Å². The average molecular weight is 424 g/mol. The Morgan fingerprint density at radius 2 is 1.32 bits per heavy atom. The van der Waals surface area contributed by atoms with Crippen LogP contribution in [0, 0.1) is 13.8 Å². The van der Waals surface area contributed by atoms with Gasteiger partial charge in [-0.15, -0.1) is 0 Å². The molecule has 2 aromatic carbocycles. The highest BCUT2D eigenvalue weighted by atomic mass is 14.4. The Bertz CT molecular complexity index is 693. The largest absolute Gasteiger partial charge is 0.333 e. The van der Waals surface area contributed by atoms with Crippen molar-refractivity contribution in [1.82, 2.24) is 0 Å². The standard InChI is InChI=1S/C15H22.C10H12.C4H10.CH5N/c1-4-5-6-13(2)7-10-15-11-8-14(3)9-12-15;1-8(2)10-7-5-4-6-9(10)3;1-3-4-2;1-2/h8-9,11-12H,2,4-7,10H2,1,3H3;4-7H,1H2,2-3H3;3-4H2,1-2H3;2H2,1H3. The molecule has 0 aromatic heterocycles. The number of hydrogen-bond donors (Lipinski definition) is 1. The van der Waals surface area contributed by atoms with E-state index in [4.69, 9.17) is 0 Å². The van der Waals surface area contributed by atoms with Gasteiger partial charge in [0.15, 0.2) is 0 Å². The molecule has 2 rings (SSSR count). The van der Waals surface area contributed by atoms with Crippen LogP contribution in [0.1, 0.15) is 88.5 Å². The molecule has 0 atom stereocenters. The summed E-state index contributed by atoms with van der Waals surface area (Å²) >= 11 is 0. The molecule has 0 fully saturated rings. The van der Waals surface area contributed by atoms with Gasteiger partial charge in [-0.25, -0.2) is 0 Å². The highest BCUT2D eigenvalue weighted by molar-refractivity contribution is 5.63. The number of unbranched alkanes of at least 4 members (excludes halogenated alkanes) is 2. The summed E-state index contributed by atoms with van der Waals surface area (Å²) in [6.45, 7) is 20.9. The van der Waals surface area contributed by atoms with Crippen molar-refractivity contribution in [2.75, 3.05) is 7.05 Å². The van der Waals surface area contributed by atoms with E-state index in [-0.39, 0.29) is 0 Å². The molecule has 0 unspecified atom stereocenters. The quantitative estimate of drug-likeness (QED) is 0.421. The fraction of sp³-hybridized carbons (Fsp3) is 0.467. The molecule has 0 aliphatic heterocycles. The molecule has 0 saturated carbocycles. The Kier molecular flexibility index (Phi) is 21.2. The molecule has 31 heavy (non-hydrogen) atoms. The van der Waals surface area contributed by atoms with E-state index in [1.165, 1.54) is 67.0 Å². The minimum atomic E-state index is 1.14. The van der Waals surface area contributed by atoms with Crippen LogP contribution >= 0.6 is 0 Å². The summed E-state index contributed by atoms with van der Waals surface area (Å²) in [6.07, 6.45) is 8.67. The molecule has 1 nitrogen and oxygen atoms in total. The zero-order chi connectivity index (χ0) is 24.1. The molecule has 174 valence electrons. The van der Waals surface area contributed by atoms with E-state index in [0.717, 1.165) is 18.4 Å². The lowest BCUT2D eigenvalue weighted by atomic mass is 10.0. The molecule has 0 saturated heterocycles. The van der Waals surface area contributed by atoms with Crippen molar-refractivity contribution in [3.05, 3.63) is 89.5 Å². The lowest BCUT2D eigenvalue weighted by Gasteiger charge is -2.05. The summed E-state index contributed by atoms with van der Waals surface area (Å²) in [7, 11) is 1.50. The first-order valence-electron chi connectivity index (χ1n) is 11.9. The maximum absolute atomic E-state index is 4.50. The second kappa shape index (κ2) is 21.1. The topological polar surface area (TPSA) is 26.0 Å². The Hall–Kier alpha value is -2.12. The molecule has 2 aromatic rings. The lowest BCUT2D eigenvalue weighted by molar-refractivity contribution is 0.752. The molecule has 0 radical (unpaired) electrons. The van der Waals surface area contributed by atoms with Crippen molar-refractivity contribution in [2.45, 2.75) is 86.5 Å². The van der Waals surface area contributed by atoms with Crippen molar-refractivity contribution >= 4 is 5.57 Å². The highest BCUT2D eigenvalue weighted by Gasteiger charge is 1.97. The van der Waals surface area contributed by atoms with Crippen molar-refractivity contribution < 1.29 is 0 Å². The number of hydrogen-bond acceptors (Lipinski definition) is 1. The zero-order valence-corrected chi connectivity index (χ0v) is 21.6. The van der Waals surface area contributed by atoms with E-state index in [9.17, 15) is 0 Å². The first-order chi connectivity index (χ1) is 14.8. The van der Waals surface area contributed by atoms with Gasteiger partial charge >= 0.3 is 0 Å². The van der Waals surface area contributed by atoms with E-state index >= 15 is 0 Å². The Balaban J connectivity index is 0. The van der Waals surface area contributed by atoms with Crippen LogP contribution in [0.5, 0.6) is 0 Å². The molecular weight excluding hydrogens is 374 g/mol. The summed E-state index contributed by atoms with van der Waals surface area (Å²) in [5.74, 6) is 0. The van der Waals surface area contributed by atoms with E-state index in [1.807, 2.05) is 19.1 Å². The third-order valence-corrected chi connectivity index (χ3v) is 4.88. The van der Waals surface area contributed by atoms with E-state index in [2.05, 4.69) is 89.9 Å². The number of allylic oxidation sites excluding steroid dienone is 2. The summed E-state index contributed by atoms with van der Waals surface area (Å²) in [5, 5.41) is 0. The Labute approximate surface area is 194 Å². The minimum Gasteiger partial charge on any atom is -0.333 e. The molecule has 0 bridgehead atoms. The van der Waals surface area contributed by atoms with E-state index in [1.54, 1.807) is 0 Å². The van der Waals surface area contributed by atoms with Gasteiger partial charge in [0.2, 0.25) is 0 Å². The number of aryl methyl sites for hydroxylation is 3. The summed E-state index contributed by atoms with van der Waals surface area (Å²) in [4.78, 5) is 0. The first-order valence-corrected chi connectivity index (χ1v) is 11.9. The van der Waals surface area contributed by atoms with Crippen LogP contribution in [0.4, 0.5) is 0 Å². The Morgan fingerprint density at radius 1 is 0.774 bits per heavy atom. The third-order valence-electron chi connectivity index (χ3n) is 4.88. The smallest absolute Gasteiger partial charge is 0.0195 e. The molecule has 0 aliphatic rings. The molecule has 0 heterocycles. The van der Waals surface area contributed by atoms with Crippen LogP contribution in [0.15, 0.2) is 67.3 Å². The predicted octanol–water partition coefficient (Wildman–Crippen LogP) is 9.08. The maximum Gasteiger partial charge on any atom is -0.0195 e. The van der Waals surface area contributed by atoms with Crippen molar-refractivity contribution in [3.8, 4) is 0 Å². The van der Waals surface area contributed by atoms with Gasteiger partial charge in [0.1, 0.15) is 0 Å². The van der Waals surface area contributed by atoms with Crippen LogP contribution in [0.2, 0.25) is 0 Å². The number of rotatable bonds is 8. The predicted molar refractivity (Wildman–Crippen MR) is 145 cm³/mol. The second-order valence-electron chi connectivity index (χ2n) is 7.93. The molecule has 0 spiro atoms. The molecule has 2 N–H and O–H groups in total. The van der Waals surface area contributed by atoms with Crippen LogP contribution in [-0.2, 0) is 6.42 Å². The fourth-order valence-corrected chi connectivity index (χ4v) is 2.68. The SMILES string of the molecule is C=C(C)c1ccccc1C.C=C(CCCC)CCc1ccc(C)cc1.CCCC.CN. The monoisotopic (exact) mass is 423 g/mol. The fourth-order valence-electron chi connectivity index (χ4n) is 2.68. The summed E-state index contributed by atoms with van der Waals surface area (Å²) < 4.78 is 0. The molecule has 0 aliphatic carbocycles. The van der Waals surface area contributed by atoms with Gasteiger partial charge < -0.3 is 5.73 Å². The minimum absolute atomic E-state index is 1.14. The summed E-state index contributed by atoms with van der Waals surface area (Å²) in [6, 6.07) is 17.1. The van der Waals surface area contributed by atoms with E-state index in [0.29, 0.717) is 0 Å². The second-order valence-corrected chi connectivity index (χ2v) is 7.93. The Morgan fingerprint density at radius 3 is 1.74 bits per heavy atom. The van der Waals surface area contributed by atoms with Gasteiger partial charge in [-0.1, -0.05) is 118 Å². The van der Waals surface area contributed by atoms with Gasteiger partial charge in [0, 0.05) is 0 Å². The van der Waals surface area contributed by atoms with Crippen LogP contribution < -0.4 is 5.73 Å². The third kappa shape index (κ3) is 17.3. The first kappa shape index (κ1) is 31.1. The van der Waals surface area contributed by atoms with Crippen LogP contribution in [0.25, 0.3) is 5.57 Å². The van der Waals surface area contributed by atoms with Crippen LogP contribution in [-0.4, -0.2) is 7.05 Å². The normalized spacial score (nSPS) is 9.16. The maximum atomic E-state index is 4.50. The van der Waals surface area contributed by atoms with Gasteiger partial charge in [0.25, 0.3) is 0 Å². The average Bonchev–Trinajstić information content (AvgIpc) is 2.79. The van der Waals surface area contributed by atoms with Gasteiger partial charge in [-0.2, -0.15) is 0 Å². The summed E-state index contributed by atoms with van der Waals surface area (Å²) in [5.41, 5.74) is 12.4. The van der Waals surface area contributed by atoms with Gasteiger partial charge in [-0.05, 0) is 70.2 Å². The van der Waals surface area contributed by atoms with Gasteiger partial charge in [-0.3, -0.25) is 0 Å². The van der Waals surface area contributed by atoms with Crippen molar-refractivity contribution in [2.24, 2.45) is 5.73 Å². The van der Waals surface area contributed by atoms with Gasteiger partial charge in [0.05, 0.1) is 0 Å². The van der Waals surface area contributed by atoms with Crippen molar-refractivity contribution in [3.63, 3.8) is 0 Å². The van der Waals surface area contributed by atoms with E-state index < -0.39 is 0 Å². The zero-order valence-electron chi connectivity index (χ0n) is 21.6. The van der Waals surface area contributed by atoms with Crippen LogP contribution in [0.3, 0.4) is 0 Å². The molecule has 0 amide bonds. The number of benzene rings is 2. The lowest BCUT2D eigenvalue weighted by Crippen LogP contribution is -1.89. The molecular formula is C30H49N. The number of nitrogens with two attached hydrogens (primary N) is 1. The molecule has 1 heteroatoms. The highest BCUT2D eigenvalue weighted by Crippen LogP contribution is 2.15.